The summed E-state index contributed by atoms with van der Waals surface area (Å²) in [5.74, 6) is -0.723. The summed E-state index contributed by atoms with van der Waals surface area (Å²) in [7, 11) is 0. The van der Waals surface area contributed by atoms with E-state index in [1.807, 2.05) is 0 Å². The summed E-state index contributed by atoms with van der Waals surface area (Å²) in [6.07, 6.45) is 0.382. The van der Waals surface area contributed by atoms with Gasteiger partial charge in [-0.3, -0.25) is 9.59 Å². The lowest BCUT2D eigenvalue weighted by atomic mass is 10.1. The predicted octanol–water partition coefficient (Wildman–Crippen LogP) is 1.04. The highest BCUT2D eigenvalue weighted by molar-refractivity contribution is 7.99. The number of carbonyl (C=O) groups excluding carboxylic acids is 2. The second-order valence-electron chi connectivity index (χ2n) is 5.75. The highest BCUT2D eigenvalue weighted by Gasteiger charge is 2.30. The Balaban J connectivity index is 2.54. The Labute approximate surface area is 122 Å². The van der Waals surface area contributed by atoms with Crippen molar-refractivity contribution in [2.75, 3.05) is 11.5 Å². The van der Waals surface area contributed by atoms with Crippen molar-refractivity contribution in [3.8, 4) is 0 Å². The third-order valence-corrected chi connectivity index (χ3v) is 3.87. The number of nitrogens with one attached hydrogen (secondary N) is 1. The number of rotatable bonds is 5. The smallest absolute Gasteiger partial charge is 0.326 e. The lowest BCUT2D eigenvalue weighted by Crippen LogP contribution is -2.45. The van der Waals surface area contributed by atoms with E-state index in [9.17, 15) is 14.4 Å². The molecule has 2 atom stereocenters. The lowest BCUT2D eigenvalue weighted by molar-refractivity contribution is -0.158. The van der Waals surface area contributed by atoms with Crippen LogP contribution in [0.4, 0.5) is 0 Å². The SMILES string of the molecule is CC(C)(C)OC(=O)C[C@H](NC(=O)C1CCSC1)C(=O)O. The fourth-order valence-electron chi connectivity index (χ4n) is 1.78. The molecule has 1 aliphatic rings. The number of thioether (sulfide) groups is 1. The monoisotopic (exact) mass is 303 g/mol. The van der Waals surface area contributed by atoms with Gasteiger partial charge in [0.1, 0.15) is 11.6 Å². The molecule has 1 unspecified atom stereocenters. The molecule has 114 valence electrons. The highest BCUT2D eigenvalue weighted by Crippen LogP contribution is 2.23. The molecule has 1 saturated heterocycles. The fourth-order valence-corrected chi connectivity index (χ4v) is 3.00. The Morgan fingerprint density at radius 2 is 2.05 bits per heavy atom. The zero-order chi connectivity index (χ0) is 15.3. The number of hydrogen-bond donors (Lipinski definition) is 2. The van der Waals surface area contributed by atoms with Crippen molar-refractivity contribution < 1.29 is 24.2 Å². The second-order valence-corrected chi connectivity index (χ2v) is 6.90. The summed E-state index contributed by atoms with van der Waals surface area (Å²) in [5.41, 5.74) is -0.674. The van der Waals surface area contributed by atoms with E-state index in [1.54, 1.807) is 32.5 Å². The molecule has 1 rings (SSSR count). The van der Waals surface area contributed by atoms with Crippen molar-refractivity contribution in [2.45, 2.75) is 45.3 Å². The van der Waals surface area contributed by atoms with Crippen LogP contribution in [0.3, 0.4) is 0 Å². The van der Waals surface area contributed by atoms with Gasteiger partial charge in [0.15, 0.2) is 0 Å². The first-order valence-corrected chi connectivity index (χ1v) is 7.67. The summed E-state index contributed by atoms with van der Waals surface area (Å²) in [5, 5.41) is 11.5. The number of aliphatic carboxylic acids is 1. The van der Waals surface area contributed by atoms with Gasteiger partial charge in [0.2, 0.25) is 5.91 Å². The van der Waals surface area contributed by atoms with E-state index in [0.29, 0.717) is 5.75 Å². The summed E-state index contributed by atoms with van der Waals surface area (Å²) in [6, 6.07) is -1.23. The molecule has 2 N–H and O–H groups in total. The summed E-state index contributed by atoms with van der Waals surface area (Å²) < 4.78 is 5.07. The Bertz CT molecular complexity index is 385. The first kappa shape index (κ1) is 16.8. The molecule has 0 aliphatic carbocycles. The van der Waals surface area contributed by atoms with Crippen molar-refractivity contribution in [1.82, 2.24) is 5.32 Å². The molecule has 1 aliphatic heterocycles. The number of amides is 1. The van der Waals surface area contributed by atoms with Gasteiger partial charge in [0, 0.05) is 11.7 Å². The maximum absolute atomic E-state index is 11.9. The topological polar surface area (TPSA) is 92.7 Å². The van der Waals surface area contributed by atoms with Gasteiger partial charge in [-0.25, -0.2) is 4.79 Å². The maximum atomic E-state index is 11.9. The quantitative estimate of drug-likeness (QED) is 0.737. The first-order chi connectivity index (χ1) is 9.19. The second kappa shape index (κ2) is 6.97. The minimum Gasteiger partial charge on any atom is -0.480 e. The van der Waals surface area contributed by atoms with Gasteiger partial charge in [-0.1, -0.05) is 0 Å². The molecule has 0 aromatic carbocycles. The molecular weight excluding hydrogens is 282 g/mol. The van der Waals surface area contributed by atoms with Crippen molar-refractivity contribution in [3.05, 3.63) is 0 Å². The van der Waals surface area contributed by atoms with Crippen molar-refractivity contribution >= 4 is 29.6 Å². The minimum atomic E-state index is -1.23. The number of carboxylic acids is 1. The lowest BCUT2D eigenvalue weighted by Gasteiger charge is -2.22. The molecule has 1 amide bonds. The molecular formula is C13H21NO5S. The van der Waals surface area contributed by atoms with Crippen LogP contribution in [-0.2, 0) is 19.1 Å². The molecule has 7 heteroatoms. The van der Waals surface area contributed by atoms with Crippen LogP contribution in [0, 0.1) is 5.92 Å². The Hall–Kier alpha value is -1.24. The zero-order valence-corrected chi connectivity index (χ0v) is 12.8. The number of hydrogen-bond acceptors (Lipinski definition) is 5. The van der Waals surface area contributed by atoms with E-state index in [2.05, 4.69) is 5.32 Å². The van der Waals surface area contributed by atoms with Gasteiger partial charge >= 0.3 is 11.9 Å². The van der Waals surface area contributed by atoms with E-state index in [-0.39, 0.29) is 18.2 Å². The standard InChI is InChI=1S/C13H21NO5S/c1-13(2,3)19-10(15)6-9(12(17)18)14-11(16)8-4-5-20-7-8/h8-9H,4-7H2,1-3H3,(H,14,16)(H,17,18)/t8?,9-/m0/s1. The third kappa shape index (κ3) is 5.81. The number of esters is 1. The van der Waals surface area contributed by atoms with Crippen LogP contribution < -0.4 is 5.32 Å². The van der Waals surface area contributed by atoms with Crippen LogP contribution in [0.15, 0.2) is 0 Å². The largest absolute Gasteiger partial charge is 0.480 e. The Morgan fingerprint density at radius 3 is 2.50 bits per heavy atom. The molecule has 0 saturated carbocycles. The van der Waals surface area contributed by atoms with Gasteiger partial charge in [-0.2, -0.15) is 11.8 Å². The first-order valence-electron chi connectivity index (χ1n) is 6.52. The summed E-state index contributed by atoms with van der Waals surface area (Å²) >= 11 is 1.67. The summed E-state index contributed by atoms with van der Waals surface area (Å²) in [4.78, 5) is 34.6. The van der Waals surface area contributed by atoms with Crippen LogP contribution in [0.5, 0.6) is 0 Å². The number of carboxylic acid groups (broad SMARTS) is 1. The molecule has 6 nitrogen and oxygen atoms in total. The molecule has 0 spiro atoms. The normalized spacial score (nSPS) is 20.2. The molecule has 1 heterocycles. The van der Waals surface area contributed by atoms with Gasteiger partial charge < -0.3 is 15.2 Å². The Morgan fingerprint density at radius 1 is 1.40 bits per heavy atom. The fraction of sp³-hybridized carbons (Fsp3) is 0.769. The van der Waals surface area contributed by atoms with Crippen molar-refractivity contribution in [2.24, 2.45) is 5.92 Å². The third-order valence-electron chi connectivity index (χ3n) is 2.71. The minimum absolute atomic E-state index is 0.166. The Kier molecular flexibility index (Phi) is 5.86. The van der Waals surface area contributed by atoms with Crippen molar-refractivity contribution in [3.63, 3.8) is 0 Å². The molecule has 0 radical (unpaired) electrons. The van der Waals surface area contributed by atoms with E-state index in [0.717, 1.165) is 12.2 Å². The van der Waals surface area contributed by atoms with Crippen LogP contribution >= 0.6 is 11.8 Å². The van der Waals surface area contributed by atoms with Gasteiger partial charge in [0.05, 0.1) is 6.42 Å². The molecule has 0 aromatic rings. The van der Waals surface area contributed by atoms with Crippen LogP contribution in [0.1, 0.15) is 33.6 Å². The molecule has 20 heavy (non-hydrogen) atoms. The highest BCUT2D eigenvalue weighted by atomic mass is 32.2. The van der Waals surface area contributed by atoms with Crippen LogP contribution in [-0.4, -0.2) is 46.1 Å². The molecule has 0 bridgehead atoms. The van der Waals surface area contributed by atoms with E-state index in [1.165, 1.54) is 0 Å². The average Bonchev–Trinajstić information content (AvgIpc) is 2.78. The predicted molar refractivity (Wildman–Crippen MR) is 75.5 cm³/mol. The van der Waals surface area contributed by atoms with E-state index < -0.39 is 23.6 Å². The molecule has 0 aromatic heterocycles. The van der Waals surface area contributed by atoms with Crippen molar-refractivity contribution in [1.29, 1.82) is 0 Å². The van der Waals surface area contributed by atoms with E-state index >= 15 is 0 Å². The zero-order valence-electron chi connectivity index (χ0n) is 12.0. The van der Waals surface area contributed by atoms with Crippen LogP contribution in [0.2, 0.25) is 0 Å². The summed E-state index contributed by atoms with van der Waals surface area (Å²) in [6.45, 7) is 5.11. The maximum Gasteiger partial charge on any atom is 0.326 e. The number of carbonyl (C=O) groups is 3. The van der Waals surface area contributed by atoms with Gasteiger partial charge in [-0.05, 0) is 32.9 Å². The van der Waals surface area contributed by atoms with E-state index in [4.69, 9.17) is 9.84 Å². The molecule has 1 fully saturated rings. The van der Waals surface area contributed by atoms with Crippen LogP contribution in [0.25, 0.3) is 0 Å². The van der Waals surface area contributed by atoms with Gasteiger partial charge in [-0.15, -0.1) is 0 Å². The number of ether oxygens (including phenoxy) is 1. The average molecular weight is 303 g/mol. The van der Waals surface area contributed by atoms with Gasteiger partial charge in [0.25, 0.3) is 0 Å².